The van der Waals surface area contributed by atoms with E-state index in [1.807, 2.05) is 6.92 Å². The lowest BCUT2D eigenvalue weighted by molar-refractivity contribution is 0.0827. The Morgan fingerprint density at radius 3 is 3.00 bits per heavy atom. The van der Waals surface area contributed by atoms with E-state index < -0.39 is 0 Å². The number of methoxy groups -OCH3 is 1. The van der Waals surface area contributed by atoms with Crippen LogP contribution in [0.15, 0.2) is 18.2 Å². The van der Waals surface area contributed by atoms with Crippen LogP contribution >= 0.6 is 0 Å². The Morgan fingerprint density at radius 2 is 2.24 bits per heavy atom. The van der Waals surface area contributed by atoms with E-state index in [2.05, 4.69) is 40.1 Å². The van der Waals surface area contributed by atoms with Crippen molar-refractivity contribution in [1.82, 2.24) is 14.9 Å². The molecule has 0 aliphatic rings. The standard InChI is InChI=1S/C13H19N3O/c1-10-14-12-5-4-11(8-13(12)15-10)6-7-16(2)9-17-3/h4-5,8H,6-7,9H2,1-3H3,(H,14,15). The van der Waals surface area contributed by atoms with E-state index in [1.54, 1.807) is 7.11 Å². The Hall–Kier alpha value is -1.39. The van der Waals surface area contributed by atoms with Crippen LogP contribution in [0.1, 0.15) is 11.4 Å². The molecule has 1 N–H and O–H groups in total. The lowest BCUT2D eigenvalue weighted by Crippen LogP contribution is -2.23. The van der Waals surface area contributed by atoms with Gasteiger partial charge in [0.1, 0.15) is 5.82 Å². The summed E-state index contributed by atoms with van der Waals surface area (Å²) >= 11 is 0. The highest BCUT2D eigenvalue weighted by molar-refractivity contribution is 5.75. The molecule has 0 saturated heterocycles. The summed E-state index contributed by atoms with van der Waals surface area (Å²) in [5, 5.41) is 0. The van der Waals surface area contributed by atoms with Gasteiger partial charge in [-0.2, -0.15) is 0 Å². The summed E-state index contributed by atoms with van der Waals surface area (Å²) in [6.07, 6.45) is 1.02. The number of likely N-dealkylation sites (N-methyl/N-ethyl adjacent to an activating group) is 1. The number of aromatic nitrogens is 2. The molecule has 1 aromatic carbocycles. The zero-order valence-electron chi connectivity index (χ0n) is 10.7. The fraction of sp³-hybridized carbons (Fsp3) is 0.462. The second-order valence-electron chi connectivity index (χ2n) is 4.42. The van der Waals surface area contributed by atoms with Crippen LogP contribution in [0.2, 0.25) is 0 Å². The first-order chi connectivity index (χ1) is 8.19. The third-order valence-corrected chi connectivity index (χ3v) is 2.80. The largest absolute Gasteiger partial charge is 0.369 e. The molecule has 0 aliphatic heterocycles. The third kappa shape index (κ3) is 3.05. The summed E-state index contributed by atoms with van der Waals surface area (Å²) in [6, 6.07) is 6.39. The molecule has 1 aromatic heterocycles. The number of nitrogens with zero attached hydrogens (tertiary/aromatic N) is 2. The molecular weight excluding hydrogens is 214 g/mol. The molecule has 2 aromatic rings. The van der Waals surface area contributed by atoms with E-state index in [-0.39, 0.29) is 0 Å². The van der Waals surface area contributed by atoms with E-state index in [0.29, 0.717) is 6.73 Å². The van der Waals surface area contributed by atoms with Gasteiger partial charge in [0.25, 0.3) is 0 Å². The summed E-state index contributed by atoms with van der Waals surface area (Å²) < 4.78 is 5.08. The Bertz CT molecular complexity index is 492. The van der Waals surface area contributed by atoms with Gasteiger partial charge in [0, 0.05) is 13.7 Å². The smallest absolute Gasteiger partial charge is 0.104 e. The fourth-order valence-corrected chi connectivity index (χ4v) is 1.94. The molecule has 0 atom stereocenters. The lowest BCUT2D eigenvalue weighted by Gasteiger charge is -2.14. The molecule has 1 heterocycles. The number of imidazole rings is 1. The van der Waals surface area contributed by atoms with Crippen LogP contribution in [0.25, 0.3) is 11.0 Å². The average molecular weight is 233 g/mol. The first-order valence-electron chi connectivity index (χ1n) is 5.82. The second kappa shape index (κ2) is 5.29. The molecule has 0 bridgehead atoms. The van der Waals surface area contributed by atoms with E-state index in [1.165, 1.54) is 5.56 Å². The molecule has 17 heavy (non-hydrogen) atoms. The molecule has 0 unspecified atom stereocenters. The van der Waals surface area contributed by atoms with Gasteiger partial charge in [-0.25, -0.2) is 4.98 Å². The Balaban J connectivity index is 2.03. The highest BCUT2D eigenvalue weighted by Gasteiger charge is 2.02. The maximum absolute atomic E-state index is 5.08. The molecule has 0 fully saturated rings. The van der Waals surface area contributed by atoms with Crippen LogP contribution in [0.5, 0.6) is 0 Å². The van der Waals surface area contributed by atoms with Gasteiger partial charge >= 0.3 is 0 Å². The number of benzene rings is 1. The second-order valence-corrected chi connectivity index (χ2v) is 4.42. The topological polar surface area (TPSA) is 41.1 Å². The number of hydrogen-bond donors (Lipinski definition) is 1. The fourth-order valence-electron chi connectivity index (χ4n) is 1.94. The number of rotatable bonds is 5. The third-order valence-electron chi connectivity index (χ3n) is 2.80. The zero-order chi connectivity index (χ0) is 12.3. The van der Waals surface area contributed by atoms with Crippen molar-refractivity contribution in [3.8, 4) is 0 Å². The van der Waals surface area contributed by atoms with Crippen LogP contribution in [0.3, 0.4) is 0 Å². The van der Waals surface area contributed by atoms with Crippen LogP contribution in [-0.4, -0.2) is 42.3 Å². The number of nitrogens with one attached hydrogen (secondary N) is 1. The number of hydrogen-bond acceptors (Lipinski definition) is 3. The quantitative estimate of drug-likeness (QED) is 0.802. The predicted molar refractivity (Wildman–Crippen MR) is 69.0 cm³/mol. The van der Waals surface area contributed by atoms with E-state index in [4.69, 9.17) is 4.74 Å². The van der Waals surface area contributed by atoms with Gasteiger partial charge in [-0.3, -0.25) is 4.90 Å². The summed E-state index contributed by atoms with van der Waals surface area (Å²) in [7, 11) is 3.78. The predicted octanol–water partition coefficient (Wildman–Crippen LogP) is 1.95. The molecule has 0 amide bonds. The maximum Gasteiger partial charge on any atom is 0.104 e. The minimum atomic E-state index is 0.672. The van der Waals surface area contributed by atoms with Gasteiger partial charge < -0.3 is 9.72 Å². The summed E-state index contributed by atoms with van der Waals surface area (Å²) in [5.41, 5.74) is 3.48. The number of ether oxygens (including phenoxy) is 1. The number of aromatic amines is 1. The minimum Gasteiger partial charge on any atom is -0.369 e. The van der Waals surface area contributed by atoms with Gasteiger partial charge in [0.15, 0.2) is 0 Å². The molecule has 2 rings (SSSR count). The molecule has 4 nitrogen and oxygen atoms in total. The van der Waals surface area contributed by atoms with Crippen molar-refractivity contribution in [2.24, 2.45) is 0 Å². The van der Waals surface area contributed by atoms with Gasteiger partial charge in [0.05, 0.1) is 17.8 Å². The molecule has 0 aliphatic carbocycles. The van der Waals surface area contributed by atoms with E-state index in [0.717, 1.165) is 29.8 Å². The van der Waals surface area contributed by atoms with Crippen molar-refractivity contribution < 1.29 is 4.74 Å². The number of H-pyrrole nitrogens is 1. The molecule has 92 valence electrons. The van der Waals surface area contributed by atoms with Crippen molar-refractivity contribution in [1.29, 1.82) is 0 Å². The van der Waals surface area contributed by atoms with Crippen molar-refractivity contribution in [3.05, 3.63) is 29.6 Å². The molecular formula is C13H19N3O. The van der Waals surface area contributed by atoms with Crippen LogP contribution in [0.4, 0.5) is 0 Å². The van der Waals surface area contributed by atoms with Crippen LogP contribution in [-0.2, 0) is 11.2 Å². The summed E-state index contributed by atoms with van der Waals surface area (Å²) in [4.78, 5) is 9.81. The van der Waals surface area contributed by atoms with Crippen LogP contribution in [0, 0.1) is 6.92 Å². The molecule has 0 saturated carbocycles. The van der Waals surface area contributed by atoms with Gasteiger partial charge in [-0.15, -0.1) is 0 Å². The van der Waals surface area contributed by atoms with Crippen molar-refractivity contribution in [2.75, 3.05) is 27.4 Å². The monoisotopic (exact) mass is 233 g/mol. The highest BCUT2D eigenvalue weighted by atomic mass is 16.5. The van der Waals surface area contributed by atoms with E-state index in [9.17, 15) is 0 Å². The molecule has 0 radical (unpaired) electrons. The van der Waals surface area contributed by atoms with Crippen molar-refractivity contribution >= 4 is 11.0 Å². The van der Waals surface area contributed by atoms with E-state index >= 15 is 0 Å². The minimum absolute atomic E-state index is 0.672. The Kier molecular flexibility index (Phi) is 3.76. The highest BCUT2D eigenvalue weighted by Crippen LogP contribution is 2.14. The Labute approximate surface area is 102 Å². The van der Waals surface area contributed by atoms with Crippen molar-refractivity contribution in [3.63, 3.8) is 0 Å². The molecule has 0 spiro atoms. The summed E-state index contributed by atoms with van der Waals surface area (Å²) in [5.74, 6) is 0.966. The van der Waals surface area contributed by atoms with Crippen LogP contribution < -0.4 is 0 Å². The van der Waals surface area contributed by atoms with Gasteiger partial charge in [0.2, 0.25) is 0 Å². The van der Waals surface area contributed by atoms with Crippen molar-refractivity contribution in [2.45, 2.75) is 13.3 Å². The van der Waals surface area contributed by atoms with Gasteiger partial charge in [-0.05, 0) is 38.1 Å². The average Bonchev–Trinajstić information content (AvgIpc) is 2.66. The number of aryl methyl sites for hydroxylation is 1. The zero-order valence-corrected chi connectivity index (χ0v) is 10.7. The SMILES string of the molecule is COCN(C)CCc1ccc2nc(C)[nH]c2c1. The lowest BCUT2D eigenvalue weighted by atomic mass is 10.1. The normalized spacial score (nSPS) is 11.5. The first-order valence-corrected chi connectivity index (χ1v) is 5.82. The maximum atomic E-state index is 5.08. The van der Waals surface area contributed by atoms with Gasteiger partial charge in [-0.1, -0.05) is 6.07 Å². The Morgan fingerprint density at radius 1 is 1.41 bits per heavy atom. The first kappa shape index (κ1) is 12.1. The molecule has 4 heteroatoms. The summed E-state index contributed by atoms with van der Waals surface area (Å²) in [6.45, 7) is 3.64. The number of fused-ring (bicyclic) bond motifs is 1.